The predicted molar refractivity (Wildman–Crippen MR) is 49.9 cm³/mol. The molecule has 0 bridgehead atoms. The van der Waals surface area contributed by atoms with Gasteiger partial charge in [-0.2, -0.15) is 0 Å². The summed E-state index contributed by atoms with van der Waals surface area (Å²) in [5, 5.41) is 9.34. The third kappa shape index (κ3) is 2.12. The minimum atomic E-state index is -0.931. The van der Waals surface area contributed by atoms with E-state index in [2.05, 4.69) is 0 Å². The highest BCUT2D eigenvalue weighted by molar-refractivity contribution is 6.31. The summed E-state index contributed by atoms with van der Waals surface area (Å²) in [7, 11) is 0. The summed E-state index contributed by atoms with van der Waals surface area (Å²) in [6.45, 7) is 0. The number of hydrogen-bond acceptors (Lipinski definition) is 3. The quantitative estimate of drug-likeness (QED) is 0.432. The van der Waals surface area contributed by atoms with Crippen LogP contribution in [0.25, 0.3) is 0 Å². The molecule has 1 rings (SSSR count). The van der Waals surface area contributed by atoms with Crippen molar-refractivity contribution >= 4 is 23.2 Å². The molecule has 0 saturated carbocycles. The van der Waals surface area contributed by atoms with Crippen LogP contribution < -0.4 is 11.5 Å². The van der Waals surface area contributed by atoms with E-state index >= 15 is 0 Å². The highest BCUT2D eigenvalue weighted by atomic mass is 35.5. The molecular weight excluding hydrogens is 199 g/mol. The van der Waals surface area contributed by atoms with Crippen molar-refractivity contribution in [3.05, 3.63) is 11.1 Å². The number of alkyl halides is 1. The zero-order valence-electron chi connectivity index (χ0n) is 6.45. The molecule has 0 saturated heterocycles. The van der Waals surface area contributed by atoms with Gasteiger partial charge < -0.3 is 16.6 Å². The molecule has 12 heavy (non-hydrogen) atoms. The Balaban J connectivity index is 2.72. The summed E-state index contributed by atoms with van der Waals surface area (Å²) < 4.78 is 0. The van der Waals surface area contributed by atoms with Crippen molar-refractivity contribution in [2.45, 2.75) is 24.1 Å². The van der Waals surface area contributed by atoms with Gasteiger partial charge in [-0.25, -0.2) is 0 Å². The predicted octanol–water partition coefficient (Wildman–Crippen LogP) is 0.341. The zero-order valence-corrected chi connectivity index (χ0v) is 7.96. The van der Waals surface area contributed by atoms with Crippen LogP contribution >= 0.6 is 23.2 Å². The number of aliphatic hydroxyl groups is 1. The van der Waals surface area contributed by atoms with Gasteiger partial charge in [0.15, 0.2) is 0 Å². The van der Waals surface area contributed by atoms with Gasteiger partial charge in [-0.05, 0) is 6.42 Å². The van der Waals surface area contributed by atoms with Crippen molar-refractivity contribution in [1.82, 2.24) is 0 Å². The van der Waals surface area contributed by atoms with Crippen molar-refractivity contribution in [2.24, 2.45) is 17.4 Å². The molecule has 4 unspecified atom stereocenters. The molecule has 0 aromatic rings. The van der Waals surface area contributed by atoms with Crippen molar-refractivity contribution in [1.29, 1.82) is 0 Å². The number of allylic oxidation sites excluding steroid dienone is 1. The Labute approximate surface area is 81.3 Å². The molecule has 5 N–H and O–H groups in total. The van der Waals surface area contributed by atoms with E-state index in [-0.39, 0.29) is 17.3 Å². The SMILES string of the molecule is NC1CC(C(N)O)C(Cl)C=C1Cl. The fourth-order valence-corrected chi connectivity index (χ4v) is 1.94. The van der Waals surface area contributed by atoms with E-state index in [1.165, 1.54) is 0 Å². The number of halogens is 2. The molecule has 1 aliphatic rings. The molecule has 4 atom stereocenters. The average Bonchev–Trinajstić information content (AvgIpc) is 1.96. The van der Waals surface area contributed by atoms with Crippen molar-refractivity contribution in [3.63, 3.8) is 0 Å². The fraction of sp³-hybridized carbons (Fsp3) is 0.714. The smallest absolute Gasteiger partial charge is 0.107 e. The van der Waals surface area contributed by atoms with Gasteiger partial charge in [0.1, 0.15) is 6.23 Å². The van der Waals surface area contributed by atoms with Crippen LogP contribution in [0.3, 0.4) is 0 Å². The minimum Gasteiger partial charge on any atom is -0.378 e. The molecule has 1 aliphatic carbocycles. The first-order chi connectivity index (χ1) is 5.52. The normalized spacial score (nSPS) is 39.1. The Morgan fingerprint density at radius 1 is 1.67 bits per heavy atom. The van der Waals surface area contributed by atoms with Gasteiger partial charge in [0, 0.05) is 17.0 Å². The van der Waals surface area contributed by atoms with Crippen LogP contribution in [0.15, 0.2) is 11.1 Å². The van der Waals surface area contributed by atoms with Crippen molar-refractivity contribution < 1.29 is 5.11 Å². The monoisotopic (exact) mass is 210 g/mol. The standard InChI is InChI=1S/C7H12Cl2N2O/c8-4-2-5(9)6(10)1-3(4)7(11)12/h2-4,6-7,12H,1,10-11H2. The summed E-state index contributed by atoms with van der Waals surface area (Å²) in [6.07, 6.45) is 1.23. The number of rotatable bonds is 1. The van der Waals surface area contributed by atoms with E-state index in [4.69, 9.17) is 39.8 Å². The molecule has 5 heteroatoms. The second kappa shape index (κ2) is 3.94. The Hall–Kier alpha value is 0.200. The van der Waals surface area contributed by atoms with E-state index in [1.807, 2.05) is 0 Å². The number of nitrogens with two attached hydrogens (primary N) is 2. The highest BCUT2D eigenvalue weighted by Crippen LogP contribution is 2.29. The molecule has 0 spiro atoms. The van der Waals surface area contributed by atoms with Crippen LogP contribution in [0.2, 0.25) is 0 Å². The molecule has 0 heterocycles. The van der Waals surface area contributed by atoms with Crippen LogP contribution in [-0.4, -0.2) is 22.8 Å². The van der Waals surface area contributed by atoms with Crippen LogP contribution in [0.1, 0.15) is 6.42 Å². The molecule has 0 fully saturated rings. The molecule has 0 radical (unpaired) electrons. The summed E-state index contributed by atoms with van der Waals surface area (Å²) in [5.74, 6) is -0.204. The lowest BCUT2D eigenvalue weighted by molar-refractivity contribution is 0.107. The van der Waals surface area contributed by atoms with Crippen LogP contribution in [0.4, 0.5) is 0 Å². The molecule has 0 aromatic heterocycles. The largest absolute Gasteiger partial charge is 0.378 e. The Bertz CT molecular complexity index is 196. The number of hydrogen-bond donors (Lipinski definition) is 3. The molecule has 0 aromatic carbocycles. The maximum absolute atomic E-state index is 9.12. The molecule has 0 aliphatic heterocycles. The molecule has 3 nitrogen and oxygen atoms in total. The van der Waals surface area contributed by atoms with Gasteiger partial charge in [0.2, 0.25) is 0 Å². The minimum absolute atomic E-state index is 0.204. The third-order valence-electron chi connectivity index (χ3n) is 2.05. The van der Waals surface area contributed by atoms with E-state index in [1.54, 1.807) is 6.08 Å². The first kappa shape index (κ1) is 10.3. The van der Waals surface area contributed by atoms with E-state index in [0.29, 0.717) is 11.5 Å². The van der Waals surface area contributed by atoms with Crippen LogP contribution in [0, 0.1) is 5.92 Å². The highest BCUT2D eigenvalue weighted by Gasteiger charge is 2.30. The maximum Gasteiger partial charge on any atom is 0.107 e. The fourth-order valence-electron chi connectivity index (χ4n) is 1.26. The van der Waals surface area contributed by atoms with Gasteiger partial charge in [0.25, 0.3) is 0 Å². The van der Waals surface area contributed by atoms with Gasteiger partial charge in [0.05, 0.1) is 5.38 Å². The second-order valence-electron chi connectivity index (χ2n) is 2.99. The maximum atomic E-state index is 9.12. The number of aliphatic hydroxyl groups excluding tert-OH is 1. The lowest BCUT2D eigenvalue weighted by Crippen LogP contribution is -2.42. The van der Waals surface area contributed by atoms with E-state index < -0.39 is 6.23 Å². The summed E-state index contributed by atoms with van der Waals surface area (Å²) >= 11 is 11.6. The lowest BCUT2D eigenvalue weighted by atomic mass is 9.89. The molecular formula is C7H12Cl2N2O. The summed E-state index contributed by atoms with van der Waals surface area (Å²) in [4.78, 5) is 0. The van der Waals surface area contributed by atoms with Crippen LogP contribution in [0.5, 0.6) is 0 Å². The summed E-state index contributed by atoms with van der Waals surface area (Å²) in [6, 6.07) is -0.245. The van der Waals surface area contributed by atoms with Gasteiger partial charge in [-0.15, -0.1) is 11.6 Å². The summed E-state index contributed by atoms with van der Waals surface area (Å²) in [5.41, 5.74) is 11.0. The molecule has 0 amide bonds. The first-order valence-electron chi connectivity index (χ1n) is 3.73. The molecule has 70 valence electrons. The van der Waals surface area contributed by atoms with E-state index in [9.17, 15) is 0 Å². The van der Waals surface area contributed by atoms with Gasteiger partial charge >= 0.3 is 0 Å². The first-order valence-corrected chi connectivity index (χ1v) is 4.54. The Kier molecular flexibility index (Phi) is 3.37. The van der Waals surface area contributed by atoms with Crippen molar-refractivity contribution in [2.75, 3.05) is 0 Å². The van der Waals surface area contributed by atoms with Crippen LogP contribution in [-0.2, 0) is 0 Å². The lowest BCUT2D eigenvalue weighted by Gasteiger charge is -2.30. The third-order valence-corrected chi connectivity index (χ3v) is 2.90. The zero-order chi connectivity index (χ0) is 9.30. The Morgan fingerprint density at radius 2 is 2.25 bits per heavy atom. The Morgan fingerprint density at radius 3 is 2.75 bits per heavy atom. The topological polar surface area (TPSA) is 72.3 Å². The average molecular weight is 211 g/mol. The second-order valence-corrected chi connectivity index (χ2v) is 3.93. The van der Waals surface area contributed by atoms with Gasteiger partial charge in [-0.3, -0.25) is 0 Å². The van der Waals surface area contributed by atoms with E-state index in [0.717, 1.165) is 0 Å². The van der Waals surface area contributed by atoms with Crippen molar-refractivity contribution in [3.8, 4) is 0 Å². The van der Waals surface area contributed by atoms with Gasteiger partial charge in [-0.1, -0.05) is 17.7 Å².